The van der Waals surface area contributed by atoms with Gasteiger partial charge in [-0.2, -0.15) is 0 Å². The van der Waals surface area contributed by atoms with E-state index < -0.39 is 22.9 Å². The first-order valence-electron chi connectivity index (χ1n) is 5.42. The van der Waals surface area contributed by atoms with E-state index in [-0.39, 0.29) is 12.4 Å². The minimum absolute atomic E-state index is 0.0588. The van der Waals surface area contributed by atoms with Gasteiger partial charge in [0.25, 0.3) is 5.56 Å². The molecule has 0 unspecified atom stereocenters. The van der Waals surface area contributed by atoms with Crippen LogP contribution in [0.15, 0.2) is 27.8 Å². The Bertz CT molecular complexity index is 675. The Morgan fingerprint density at radius 1 is 1.16 bits per heavy atom. The van der Waals surface area contributed by atoms with E-state index in [0.717, 1.165) is 6.07 Å². The third-order valence-electron chi connectivity index (χ3n) is 2.34. The highest BCUT2D eigenvalue weighted by molar-refractivity contribution is 5.29. The van der Waals surface area contributed by atoms with E-state index in [2.05, 4.69) is 15.5 Å². The quantitative estimate of drug-likeness (QED) is 0.748. The lowest BCUT2D eigenvalue weighted by Crippen LogP contribution is -2.27. The molecule has 0 aliphatic heterocycles. The summed E-state index contributed by atoms with van der Waals surface area (Å²) in [6, 6.07) is 3.19. The predicted octanol–water partition coefficient (Wildman–Crippen LogP) is 0.391. The molecule has 0 radical (unpaired) electrons. The average Bonchev–Trinajstić information content (AvgIpc) is 2.30. The Balaban J connectivity index is 2.00. The molecular formula is C11H10F2N4O2. The molecule has 0 atom stereocenters. The predicted molar refractivity (Wildman–Crippen MR) is 64.0 cm³/mol. The highest BCUT2D eigenvalue weighted by Gasteiger charge is 2.03. The van der Waals surface area contributed by atoms with Crippen molar-refractivity contribution in [1.82, 2.24) is 15.2 Å². The topological polar surface area (TPSA) is 90.6 Å². The number of hydrogen-bond donors (Lipinski definition) is 3. The first kappa shape index (κ1) is 12.9. The fraction of sp³-hybridized carbons (Fsp3) is 0.182. The smallest absolute Gasteiger partial charge is 0.342 e. The number of halogens is 2. The molecule has 2 aromatic rings. The van der Waals surface area contributed by atoms with Crippen molar-refractivity contribution in [2.24, 2.45) is 0 Å². The number of nitrogens with zero attached hydrogens (tertiary/aromatic N) is 1. The van der Waals surface area contributed by atoms with Crippen molar-refractivity contribution < 1.29 is 8.78 Å². The molecule has 0 fully saturated rings. The maximum absolute atomic E-state index is 12.9. The summed E-state index contributed by atoms with van der Waals surface area (Å²) >= 11 is 0. The second-order valence-corrected chi connectivity index (χ2v) is 3.81. The van der Waals surface area contributed by atoms with E-state index in [4.69, 9.17) is 0 Å². The van der Waals surface area contributed by atoms with Crippen molar-refractivity contribution in [2.45, 2.75) is 6.42 Å². The Morgan fingerprint density at radius 2 is 1.84 bits per heavy atom. The number of nitrogens with one attached hydrogen (secondary N) is 3. The molecule has 0 aliphatic carbocycles. The molecule has 0 bridgehead atoms. The number of H-pyrrole nitrogens is 2. The van der Waals surface area contributed by atoms with Crippen LogP contribution in [0.1, 0.15) is 5.56 Å². The molecule has 0 saturated heterocycles. The van der Waals surface area contributed by atoms with Crippen molar-refractivity contribution in [3.05, 3.63) is 56.2 Å². The Morgan fingerprint density at radius 3 is 2.47 bits per heavy atom. The Hall–Kier alpha value is -2.51. The third kappa shape index (κ3) is 3.47. The first-order valence-corrected chi connectivity index (χ1v) is 5.42. The fourth-order valence-electron chi connectivity index (χ4n) is 1.55. The minimum atomic E-state index is -0.706. The lowest BCUT2D eigenvalue weighted by atomic mass is 10.1. The summed E-state index contributed by atoms with van der Waals surface area (Å²) in [6.45, 7) is 0.241. The second-order valence-electron chi connectivity index (χ2n) is 3.81. The molecule has 1 aromatic heterocycles. The molecule has 100 valence electrons. The lowest BCUT2D eigenvalue weighted by Gasteiger charge is -2.04. The van der Waals surface area contributed by atoms with Crippen molar-refractivity contribution in [2.75, 3.05) is 11.9 Å². The summed E-state index contributed by atoms with van der Waals surface area (Å²) in [5.41, 5.74) is -0.914. The number of aromatic amines is 2. The standard InChI is InChI=1S/C11H10F2N4O2/c12-7-3-6(4-8(13)5-7)1-2-14-9-10(18)15-11(19)17-16-9/h3-5H,1-2H2,(H,14,16)(H2,15,17,18,19). The zero-order valence-corrected chi connectivity index (χ0v) is 9.67. The van der Waals surface area contributed by atoms with Crippen LogP contribution in [-0.4, -0.2) is 21.7 Å². The molecule has 0 amide bonds. The van der Waals surface area contributed by atoms with Gasteiger partial charge >= 0.3 is 5.69 Å². The summed E-state index contributed by atoms with van der Waals surface area (Å²) in [6.07, 6.45) is 0.301. The van der Waals surface area contributed by atoms with Gasteiger partial charge < -0.3 is 5.32 Å². The van der Waals surface area contributed by atoms with Crippen molar-refractivity contribution in [1.29, 1.82) is 0 Å². The molecule has 2 rings (SSSR count). The SMILES string of the molecule is O=c1[nH]nc(NCCc2cc(F)cc(F)c2)c(=O)[nH]1. The summed E-state index contributed by atoms with van der Waals surface area (Å²) in [4.78, 5) is 24.0. The van der Waals surface area contributed by atoms with E-state index in [1.54, 1.807) is 0 Å². The molecule has 3 N–H and O–H groups in total. The molecule has 0 saturated carbocycles. The van der Waals surface area contributed by atoms with Crippen LogP contribution in [0, 0.1) is 11.6 Å². The van der Waals surface area contributed by atoms with Crippen molar-refractivity contribution >= 4 is 5.82 Å². The van der Waals surface area contributed by atoms with Gasteiger partial charge in [0.15, 0.2) is 0 Å². The highest BCUT2D eigenvalue weighted by atomic mass is 19.1. The first-order chi connectivity index (χ1) is 9.04. The number of hydrogen-bond acceptors (Lipinski definition) is 4. The highest BCUT2D eigenvalue weighted by Crippen LogP contribution is 2.08. The molecule has 19 heavy (non-hydrogen) atoms. The van der Waals surface area contributed by atoms with Gasteiger partial charge in [0.05, 0.1) is 0 Å². The van der Waals surface area contributed by atoms with E-state index >= 15 is 0 Å². The van der Waals surface area contributed by atoms with Gasteiger partial charge in [0.2, 0.25) is 5.82 Å². The normalized spacial score (nSPS) is 10.4. The van der Waals surface area contributed by atoms with Crippen LogP contribution in [0.2, 0.25) is 0 Å². The zero-order chi connectivity index (χ0) is 13.8. The van der Waals surface area contributed by atoms with Gasteiger partial charge in [-0.05, 0) is 24.1 Å². The minimum Gasteiger partial charge on any atom is -0.364 e. The van der Waals surface area contributed by atoms with Crippen LogP contribution in [0.25, 0.3) is 0 Å². The van der Waals surface area contributed by atoms with Crippen molar-refractivity contribution in [3.63, 3.8) is 0 Å². The van der Waals surface area contributed by atoms with Gasteiger partial charge in [-0.3, -0.25) is 9.78 Å². The van der Waals surface area contributed by atoms with Crippen LogP contribution in [0.5, 0.6) is 0 Å². The number of anilines is 1. The van der Waals surface area contributed by atoms with Crippen LogP contribution < -0.4 is 16.6 Å². The molecular weight excluding hydrogens is 258 g/mol. The van der Waals surface area contributed by atoms with E-state index in [0.29, 0.717) is 12.0 Å². The maximum Gasteiger partial charge on any atom is 0.342 e. The molecule has 8 heteroatoms. The molecule has 0 aliphatic rings. The molecule has 0 spiro atoms. The van der Waals surface area contributed by atoms with Crippen molar-refractivity contribution in [3.8, 4) is 0 Å². The van der Waals surface area contributed by atoms with Gasteiger partial charge in [0, 0.05) is 12.6 Å². The van der Waals surface area contributed by atoms with Crippen LogP contribution in [-0.2, 0) is 6.42 Å². The third-order valence-corrected chi connectivity index (χ3v) is 2.34. The van der Waals surface area contributed by atoms with E-state index in [1.165, 1.54) is 12.1 Å². The number of benzene rings is 1. The summed E-state index contributed by atoms with van der Waals surface area (Å²) < 4.78 is 25.8. The fourth-order valence-corrected chi connectivity index (χ4v) is 1.55. The number of aromatic nitrogens is 3. The van der Waals surface area contributed by atoms with E-state index in [9.17, 15) is 18.4 Å². The monoisotopic (exact) mass is 268 g/mol. The second kappa shape index (κ2) is 5.42. The zero-order valence-electron chi connectivity index (χ0n) is 9.67. The lowest BCUT2D eigenvalue weighted by molar-refractivity contribution is 0.580. The Labute approximate surface area is 105 Å². The molecule has 6 nitrogen and oxygen atoms in total. The van der Waals surface area contributed by atoms with Crippen LogP contribution >= 0.6 is 0 Å². The summed E-state index contributed by atoms with van der Waals surface area (Å²) in [5, 5.41) is 8.23. The van der Waals surface area contributed by atoms with E-state index in [1.807, 2.05) is 4.98 Å². The molecule has 1 heterocycles. The molecule has 1 aromatic carbocycles. The van der Waals surface area contributed by atoms with Gasteiger partial charge in [-0.1, -0.05) is 0 Å². The Kier molecular flexibility index (Phi) is 3.69. The van der Waals surface area contributed by atoms with Crippen LogP contribution in [0.3, 0.4) is 0 Å². The van der Waals surface area contributed by atoms with Gasteiger partial charge in [-0.25, -0.2) is 18.7 Å². The van der Waals surface area contributed by atoms with Gasteiger partial charge in [0.1, 0.15) is 11.6 Å². The largest absolute Gasteiger partial charge is 0.364 e. The summed E-state index contributed by atoms with van der Waals surface area (Å²) in [7, 11) is 0. The maximum atomic E-state index is 12.9. The number of rotatable bonds is 4. The summed E-state index contributed by atoms with van der Waals surface area (Å²) in [5.74, 6) is -1.37. The van der Waals surface area contributed by atoms with Crippen LogP contribution in [0.4, 0.5) is 14.6 Å². The average molecular weight is 268 g/mol. The van der Waals surface area contributed by atoms with Gasteiger partial charge in [-0.15, -0.1) is 5.10 Å².